The van der Waals surface area contributed by atoms with Crippen molar-refractivity contribution in [2.45, 2.75) is 13.8 Å². The van der Waals surface area contributed by atoms with E-state index in [1.807, 2.05) is 0 Å². The minimum Gasteiger partial charge on any atom is -0.458 e. The fourth-order valence-corrected chi connectivity index (χ4v) is 0.380. The average Bonchev–Trinajstić information content (AvgIpc) is 2.16. The first-order valence-corrected chi connectivity index (χ1v) is 3.76. The number of carbonyl (C=O) groups is 2. The van der Waals surface area contributed by atoms with Crippen molar-refractivity contribution < 1.29 is 34.8 Å². The number of rotatable bonds is 3. The molecule has 0 saturated heterocycles. The lowest BCUT2D eigenvalue weighted by Gasteiger charge is -1.99. The SMILES string of the molecule is CCOC(=O)C(=O)OCC.[2H]C([2H])(O)C([2H])([2H])O. The van der Waals surface area contributed by atoms with Crippen LogP contribution in [0.4, 0.5) is 0 Å². The third kappa shape index (κ3) is 10.9. The highest BCUT2D eigenvalue weighted by Gasteiger charge is 2.14. The third-order valence-electron chi connectivity index (χ3n) is 0.768. The lowest BCUT2D eigenvalue weighted by atomic mass is 10.7. The molecule has 0 aromatic heterocycles. The second kappa shape index (κ2) is 11.9. The molecule has 84 valence electrons. The van der Waals surface area contributed by atoms with Crippen molar-refractivity contribution in [2.24, 2.45) is 0 Å². The highest BCUT2D eigenvalue weighted by atomic mass is 16.6. The Morgan fingerprint density at radius 1 is 1.07 bits per heavy atom. The van der Waals surface area contributed by atoms with Gasteiger partial charge in [0.2, 0.25) is 0 Å². The van der Waals surface area contributed by atoms with Crippen LogP contribution in [0.2, 0.25) is 0 Å². The maximum Gasteiger partial charge on any atom is 0.417 e. The molecule has 0 heterocycles. The molecule has 0 aliphatic heterocycles. The van der Waals surface area contributed by atoms with Crippen molar-refractivity contribution in [3.63, 3.8) is 0 Å². The molecular weight excluding hydrogens is 192 g/mol. The lowest BCUT2D eigenvalue weighted by molar-refractivity contribution is -0.167. The van der Waals surface area contributed by atoms with Crippen molar-refractivity contribution in [3.8, 4) is 0 Å². The fourth-order valence-electron chi connectivity index (χ4n) is 0.380. The largest absolute Gasteiger partial charge is 0.458 e. The van der Waals surface area contributed by atoms with E-state index in [1.54, 1.807) is 13.8 Å². The Labute approximate surface area is 88.1 Å². The van der Waals surface area contributed by atoms with Gasteiger partial charge in [-0.15, -0.1) is 0 Å². The van der Waals surface area contributed by atoms with Crippen LogP contribution in [0.15, 0.2) is 0 Å². The van der Waals surface area contributed by atoms with E-state index in [9.17, 15) is 9.59 Å². The smallest absolute Gasteiger partial charge is 0.417 e. The Kier molecular flexibility index (Phi) is 6.94. The summed E-state index contributed by atoms with van der Waals surface area (Å²) < 4.78 is 33.4. The van der Waals surface area contributed by atoms with Gasteiger partial charge in [0.1, 0.15) is 0 Å². The highest BCUT2D eigenvalue weighted by molar-refractivity contribution is 6.29. The molecule has 6 nitrogen and oxygen atoms in total. The highest BCUT2D eigenvalue weighted by Crippen LogP contribution is 1.82. The van der Waals surface area contributed by atoms with Gasteiger partial charge in [-0.25, -0.2) is 9.59 Å². The van der Waals surface area contributed by atoms with Crippen LogP contribution in [0.25, 0.3) is 0 Å². The molecule has 0 bridgehead atoms. The number of aliphatic hydroxyl groups is 2. The summed E-state index contributed by atoms with van der Waals surface area (Å²) in [7, 11) is 0. The second-order valence-corrected chi connectivity index (χ2v) is 1.66. The quantitative estimate of drug-likeness (QED) is 0.464. The monoisotopic (exact) mass is 212 g/mol. The van der Waals surface area contributed by atoms with Crippen molar-refractivity contribution in [1.29, 1.82) is 0 Å². The number of hydrogen-bond donors (Lipinski definition) is 2. The summed E-state index contributed by atoms with van der Waals surface area (Å²) in [4.78, 5) is 20.9. The fraction of sp³-hybridized carbons (Fsp3) is 0.750. The van der Waals surface area contributed by atoms with Crippen molar-refractivity contribution in [1.82, 2.24) is 0 Å². The number of carbonyl (C=O) groups excluding carboxylic acids is 2. The van der Waals surface area contributed by atoms with E-state index in [0.717, 1.165) is 0 Å². The summed E-state index contributed by atoms with van der Waals surface area (Å²) in [6.07, 6.45) is 0. The predicted molar refractivity (Wildman–Crippen MR) is 47.4 cm³/mol. The summed E-state index contributed by atoms with van der Waals surface area (Å²) in [5, 5.41) is 16.1. The van der Waals surface area contributed by atoms with Gasteiger partial charge in [0, 0.05) is 0 Å². The van der Waals surface area contributed by atoms with Gasteiger partial charge in [0.05, 0.1) is 31.8 Å². The molecule has 0 amide bonds. The van der Waals surface area contributed by atoms with E-state index < -0.39 is 25.1 Å². The topological polar surface area (TPSA) is 93.1 Å². The third-order valence-corrected chi connectivity index (χ3v) is 0.768. The van der Waals surface area contributed by atoms with Gasteiger partial charge in [-0.3, -0.25) is 0 Å². The van der Waals surface area contributed by atoms with Gasteiger partial charge in [0.15, 0.2) is 0 Å². The lowest BCUT2D eigenvalue weighted by Crippen LogP contribution is -2.19. The van der Waals surface area contributed by atoms with Crippen molar-refractivity contribution >= 4 is 11.9 Å². The second-order valence-electron chi connectivity index (χ2n) is 1.66. The minimum atomic E-state index is -3.17. The molecule has 2 N–H and O–H groups in total. The van der Waals surface area contributed by atoms with Crippen LogP contribution in [-0.2, 0) is 19.1 Å². The number of hydrogen-bond acceptors (Lipinski definition) is 6. The van der Waals surface area contributed by atoms with Crippen molar-refractivity contribution in [3.05, 3.63) is 0 Å². The van der Waals surface area contributed by atoms with E-state index in [4.69, 9.17) is 15.7 Å². The van der Waals surface area contributed by atoms with Crippen LogP contribution < -0.4 is 0 Å². The standard InChI is InChI=1S/C6H10O4.C2H6O2/c1-3-9-5(7)6(8)10-4-2;3-1-2-4/h3-4H2,1-2H3;3-4H,1-2H2/i;1D2,2D2. The molecule has 0 aromatic rings. The maximum absolute atomic E-state index is 10.4. The van der Waals surface area contributed by atoms with Crippen LogP contribution in [0.5, 0.6) is 0 Å². The summed E-state index contributed by atoms with van der Waals surface area (Å²) in [6.45, 7) is -2.72. The van der Waals surface area contributed by atoms with Gasteiger partial charge in [-0.2, -0.15) is 0 Å². The molecule has 0 saturated carbocycles. The molecule has 0 radical (unpaired) electrons. The molecule has 0 spiro atoms. The van der Waals surface area contributed by atoms with Gasteiger partial charge < -0.3 is 19.7 Å². The summed E-state index contributed by atoms with van der Waals surface area (Å²) in [5.74, 6) is -1.85. The van der Waals surface area contributed by atoms with Crippen LogP contribution >= 0.6 is 0 Å². The Hall–Kier alpha value is -1.14. The van der Waals surface area contributed by atoms with E-state index in [2.05, 4.69) is 9.47 Å². The maximum atomic E-state index is 10.4. The minimum absolute atomic E-state index is 0.192. The number of ether oxygens (including phenoxy) is 2. The first-order valence-electron chi connectivity index (χ1n) is 5.76. The molecule has 0 rings (SSSR count). The zero-order chi connectivity index (χ0) is 15.0. The first-order chi connectivity index (χ1) is 7.97. The molecule has 6 heteroatoms. The first kappa shape index (κ1) is 8.19. The van der Waals surface area contributed by atoms with E-state index >= 15 is 0 Å². The Balaban J connectivity index is 0. The van der Waals surface area contributed by atoms with Crippen LogP contribution in [-0.4, -0.2) is 48.5 Å². The van der Waals surface area contributed by atoms with Crippen LogP contribution in [0.3, 0.4) is 0 Å². The molecule has 14 heavy (non-hydrogen) atoms. The summed E-state index contributed by atoms with van der Waals surface area (Å²) in [6, 6.07) is 0. The van der Waals surface area contributed by atoms with E-state index in [-0.39, 0.29) is 13.2 Å². The summed E-state index contributed by atoms with van der Waals surface area (Å²) in [5.41, 5.74) is 0. The van der Waals surface area contributed by atoms with Crippen LogP contribution in [0, 0.1) is 0 Å². The zero-order valence-corrected chi connectivity index (χ0v) is 7.94. The van der Waals surface area contributed by atoms with Crippen LogP contribution in [0.1, 0.15) is 19.3 Å². The molecule has 0 aliphatic rings. The summed E-state index contributed by atoms with van der Waals surface area (Å²) >= 11 is 0. The predicted octanol–water partition coefficient (Wildman–Crippen LogP) is -0.916. The van der Waals surface area contributed by atoms with E-state index in [1.165, 1.54) is 0 Å². The van der Waals surface area contributed by atoms with Gasteiger partial charge >= 0.3 is 11.9 Å². The molecule has 0 fully saturated rings. The molecular formula is C8H16O6. The average molecular weight is 212 g/mol. The Bertz CT molecular complexity index is 242. The van der Waals surface area contributed by atoms with E-state index in [0.29, 0.717) is 0 Å². The zero-order valence-electron chi connectivity index (χ0n) is 11.9. The molecule has 0 aliphatic carbocycles. The number of esters is 2. The van der Waals surface area contributed by atoms with Gasteiger partial charge in [-0.1, -0.05) is 0 Å². The van der Waals surface area contributed by atoms with Crippen molar-refractivity contribution in [2.75, 3.05) is 26.3 Å². The van der Waals surface area contributed by atoms with Gasteiger partial charge in [-0.05, 0) is 13.8 Å². The molecule has 0 atom stereocenters. The Morgan fingerprint density at radius 3 is 1.50 bits per heavy atom. The normalized spacial score (nSPS) is 14.6. The Morgan fingerprint density at radius 2 is 1.36 bits per heavy atom. The molecule has 0 aromatic carbocycles. The molecule has 0 unspecified atom stereocenters. The van der Waals surface area contributed by atoms with Gasteiger partial charge in [0.25, 0.3) is 0 Å².